The molecule has 4 aromatic rings. The number of nitrogens with one attached hydrogen (secondary N) is 2. The second-order valence-electron chi connectivity index (χ2n) is 7.21. The number of H-pyrrole nitrogens is 1. The molecule has 1 fully saturated rings. The highest BCUT2D eigenvalue weighted by atomic mass is 32.2. The fourth-order valence-corrected chi connectivity index (χ4v) is 4.99. The fraction of sp³-hybridized carbons (Fsp3) is 0.286. The molecule has 1 aromatic carbocycles. The third-order valence-electron chi connectivity index (χ3n) is 5.08. The van der Waals surface area contributed by atoms with Gasteiger partial charge in [-0.25, -0.2) is 0 Å². The molecule has 0 radical (unpaired) electrons. The van der Waals surface area contributed by atoms with Gasteiger partial charge in [0.05, 0.1) is 11.8 Å². The minimum absolute atomic E-state index is 0.0161. The predicted octanol–water partition coefficient (Wildman–Crippen LogP) is 4.62. The van der Waals surface area contributed by atoms with Crippen LogP contribution in [0, 0.1) is 0 Å². The van der Waals surface area contributed by atoms with Gasteiger partial charge in [-0.1, -0.05) is 36.0 Å². The van der Waals surface area contributed by atoms with Crippen molar-refractivity contribution in [3.8, 4) is 11.4 Å². The Hall–Kier alpha value is -2.58. The number of fused-ring (bicyclic) bond motifs is 1. The molecule has 1 aliphatic carbocycles. The van der Waals surface area contributed by atoms with Crippen LogP contribution in [0.2, 0.25) is 0 Å². The molecule has 29 heavy (non-hydrogen) atoms. The maximum absolute atomic E-state index is 12.6. The Morgan fingerprint density at radius 1 is 1.31 bits per heavy atom. The molecule has 5 rings (SSSR count). The zero-order chi connectivity index (χ0) is 19.8. The zero-order valence-electron chi connectivity index (χ0n) is 16.0. The van der Waals surface area contributed by atoms with E-state index in [4.69, 9.17) is 0 Å². The lowest BCUT2D eigenvalue weighted by Gasteiger charge is -2.13. The first-order valence-corrected chi connectivity index (χ1v) is 11.4. The summed E-state index contributed by atoms with van der Waals surface area (Å²) in [6, 6.07) is 12.7. The van der Waals surface area contributed by atoms with E-state index in [-0.39, 0.29) is 11.2 Å². The van der Waals surface area contributed by atoms with Gasteiger partial charge in [0.1, 0.15) is 0 Å². The first kappa shape index (κ1) is 18.4. The van der Waals surface area contributed by atoms with Gasteiger partial charge in [0.15, 0.2) is 11.0 Å². The van der Waals surface area contributed by atoms with Crippen molar-refractivity contribution in [2.75, 3.05) is 0 Å². The highest BCUT2D eigenvalue weighted by molar-refractivity contribution is 8.00. The summed E-state index contributed by atoms with van der Waals surface area (Å²) >= 11 is 3.12. The van der Waals surface area contributed by atoms with Gasteiger partial charge in [-0.3, -0.25) is 9.36 Å². The number of thioether (sulfide) groups is 1. The number of aromatic amines is 1. The zero-order valence-corrected chi connectivity index (χ0v) is 17.6. The molecule has 0 spiro atoms. The standard InChI is InChI=1S/C21H21N5OS2/c1-13(20(27)23-11-15-5-4-10-28-15)29-21-25-24-19(26(21)14-8-9-14)17-12-22-18-7-3-2-6-16(17)18/h2-7,10,12-14,22H,8-9,11H2,1H3,(H,23,27). The summed E-state index contributed by atoms with van der Waals surface area (Å²) < 4.78 is 2.21. The SMILES string of the molecule is CC(Sc1nnc(-c2c[nH]c3ccccc23)n1C1CC1)C(=O)NCc1cccs1. The normalized spacial score (nSPS) is 14.9. The number of rotatable bonds is 7. The molecule has 3 heterocycles. The van der Waals surface area contributed by atoms with Crippen LogP contribution in [0.25, 0.3) is 22.3 Å². The van der Waals surface area contributed by atoms with Gasteiger partial charge in [0.25, 0.3) is 0 Å². The second kappa shape index (κ2) is 7.68. The molecule has 0 bridgehead atoms. The summed E-state index contributed by atoms with van der Waals surface area (Å²) in [4.78, 5) is 17.0. The summed E-state index contributed by atoms with van der Waals surface area (Å²) in [5, 5.41) is 15.7. The van der Waals surface area contributed by atoms with Gasteiger partial charge < -0.3 is 10.3 Å². The maximum Gasteiger partial charge on any atom is 0.233 e. The van der Waals surface area contributed by atoms with Gasteiger partial charge in [0, 0.05) is 33.6 Å². The lowest BCUT2D eigenvalue weighted by molar-refractivity contribution is -0.120. The topological polar surface area (TPSA) is 75.6 Å². The fourth-order valence-electron chi connectivity index (χ4n) is 3.40. The smallest absolute Gasteiger partial charge is 0.233 e. The van der Waals surface area contributed by atoms with Crippen LogP contribution >= 0.6 is 23.1 Å². The Morgan fingerprint density at radius 3 is 2.97 bits per heavy atom. The Bertz CT molecular complexity index is 1140. The molecule has 2 N–H and O–H groups in total. The van der Waals surface area contributed by atoms with E-state index in [0.29, 0.717) is 12.6 Å². The van der Waals surface area contributed by atoms with Gasteiger partial charge in [0.2, 0.25) is 5.91 Å². The quantitative estimate of drug-likeness (QED) is 0.425. The van der Waals surface area contributed by atoms with Crippen molar-refractivity contribution in [3.63, 3.8) is 0 Å². The Morgan fingerprint density at radius 2 is 2.17 bits per heavy atom. The molecule has 0 aliphatic heterocycles. The average molecular weight is 424 g/mol. The monoisotopic (exact) mass is 423 g/mol. The lowest BCUT2D eigenvalue weighted by Crippen LogP contribution is -2.30. The Labute approximate surface area is 176 Å². The average Bonchev–Trinajstić information content (AvgIpc) is 3.13. The van der Waals surface area contributed by atoms with Gasteiger partial charge in [-0.05, 0) is 37.3 Å². The third-order valence-corrected chi connectivity index (χ3v) is 7.01. The molecule has 6 nitrogen and oxygen atoms in total. The van der Waals surface area contributed by atoms with Crippen molar-refractivity contribution >= 4 is 39.9 Å². The molecule has 1 atom stereocenters. The molecule has 0 saturated heterocycles. The van der Waals surface area contributed by atoms with E-state index in [1.807, 2.05) is 42.8 Å². The van der Waals surface area contributed by atoms with Crippen molar-refractivity contribution < 1.29 is 4.79 Å². The molecular formula is C21H21N5OS2. The number of para-hydroxylation sites is 1. The van der Waals surface area contributed by atoms with Crippen LogP contribution in [0.15, 0.2) is 53.1 Å². The molecule has 148 valence electrons. The summed E-state index contributed by atoms with van der Waals surface area (Å²) in [6.45, 7) is 2.49. The van der Waals surface area contributed by atoms with Crippen molar-refractivity contribution in [1.82, 2.24) is 25.1 Å². The summed E-state index contributed by atoms with van der Waals surface area (Å²) in [7, 11) is 0. The number of hydrogen-bond acceptors (Lipinski definition) is 5. The molecule has 3 aromatic heterocycles. The van der Waals surface area contributed by atoms with E-state index in [9.17, 15) is 4.79 Å². The molecule has 1 unspecified atom stereocenters. The number of benzene rings is 1. The first-order valence-electron chi connectivity index (χ1n) is 9.69. The van der Waals surface area contributed by atoms with Crippen molar-refractivity contribution in [2.24, 2.45) is 0 Å². The van der Waals surface area contributed by atoms with E-state index in [0.717, 1.165) is 45.2 Å². The minimum Gasteiger partial charge on any atom is -0.360 e. The predicted molar refractivity (Wildman–Crippen MR) is 117 cm³/mol. The van der Waals surface area contributed by atoms with Gasteiger partial charge in [-0.2, -0.15) is 0 Å². The van der Waals surface area contributed by atoms with E-state index in [2.05, 4.69) is 37.2 Å². The number of amides is 1. The summed E-state index contributed by atoms with van der Waals surface area (Å²) in [5.41, 5.74) is 2.14. The second-order valence-corrected chi connectivity index (χ2v) is 9.55. The van der Waals surface area contributed by atoms with E-state index in [1.165, 1.54) is 11.8 Å². The minimum atomic E-state index is -0.243. The Balaban J connectivity index is 1.38. The molecule has 1 aliphatic rings. The lowest BCUT2D eigenvalue weighted by atomic mass is 10.1. The largest absolute Gasteiger partial charge is 0.360 e. The molecule has 1 amide bonds. The Kier molecular flexibility index (Phi) is 4.89. The summed E-state index contributed by atoms with van der Waals surface area (Å²) in [6.07, 6.45) is 4.25. The number of thiophene rings is 1. The third kappa shape index (κ3) is 3.70. The highest BCUT2D eigenvalue weighted by Crippen LogP contribution is 2.42. The number of carbonyl (C=O) groups excluding carboxylic acids is 1. The van der Waals surface area contributed by atoms with E-state index < -0.39 is 0 Å². The first-order chi connectivity index (χ1) is 14.2. The molecule has 1 saturated carbocycles. The van der Waals surface area contributed by atoms with Crippen molar-refractivity contribution in [2.45, 2.75) is 42.8 Å². The number of nitrogens with zero attached hydrogens (tertiary/aromatic N) is 3. The molecule has 8 heteroatoms. The van der Waals surface area contributed by atoms with Crippen LogP contribution in [-0.4, -0.2) is 30.9 Å². The van der Waals surface area contributed by atoms with Crippen molar-refractivity contribution in [1.29, 1.82) is 0 Å². The van der Waals surface area contributed by atoms with Crippen LogP contribution < -0.4 is 5.32 Å². The summed E-state index contributed by atoms with van der Waals surface area (Å²) in [5.74, 6) is 0.890. The van der Waals surface area contributed by atoms with Crippen LogP contribution in [0.3, 0.4) is 0 Å². The van der Waals surface area contributed by atoms with E-state index >= 15 is 0 Å². The van der Waals surface area contributed by atoms with Crippen LogP contribution in [0.4, 0.5) is 0 Å². The van der Waals surface area contributed by atoms with E-state index in [1.54, 1.807) is 11.3 Å². The maximum atomic E-state index is 12.6. The highest BCUT2D eigenvalue weighted by Gasteiger charge is 2.32. The van der Waals surface area contributed by atoms with Crippen LogP contribution in [-0.2, 0) is 11.3 Å². The number of hydrogen-bond donors (Lipinski definition) is 2. The number of aromatic nitrogens is 4. The van der Waals surface area contributed by atoms with Crippen LogP contribution in [0.5, 0.6) is 0 Å². The number of carbonyl (C=O) groups is 1. The van der Waals surface area contributed by atoms with Gasteiger partial charge in [-0.15, -0.1) is 21.5 Å². The van der Waals surface area contributed by atoms with Crippen molar-refractivity contribution in [3.05, 3.63) is 52.9 Å². The van der Waals surface area contributed by atoms with Crippen LogP contribution in [0.1, 0.15) is 30.7 Å². The molecular weight excluding hydrogens is 402 g/mol. The van der Waals surface area contributed by atoms with Gasteiger partial charge >= 0.3 is 0 Å².